The van der Waals surface area contributed by atoms with Crippen molar-refractivity contribution >= 4 is 23.5 Å². The van der Waals surface area contributed by atoms with Gasteiger partial charge in [-0.15, -0.1) is 0 Å². The lowest BCUT2D eigenvalue weighted by molar-refractivity contribution is -0.143. The highest BCUT2D eigenvalue weighted by Crippen LogP contribution is 2.38. The summed E-state index contributed by atoms with van der Waals surface area (Å²) in [7, 11) is 0. The van der Waals surface area contributed by atoms with Gasteiger partial charge in [-0.3, -0.25) is 14.4 Å². The van der Waals surface area contributed by atoms with E-state index in [1.165, 1.54) is 0 Å². The highest BCUT2D eigenvalue weighted by molar-refractivity contribution is 5.98. The number of likely N-dealkylation sites (tertiary alicyclic amines) is 1. The minimum absolute atomic E-state index is 0.0418. The van der Waals surface area contributed by atoms with E-state index >= 15 is 0 Å². The molecule has 1 aliphatic rings. The van der Waals surface area contributed by atoms with Crippen LogP contribution in [0.2, 0.25) is 0 Å². The molecule has 0 aromatic heterocycles. The van der Waals surface area contributed by atoms with E-state index < -0.39 is 12.0 Å². The molecule has 2 atom stereocenters. The van der Waals surface area contributed by atoms with Crippen molar-refractivity contribution in [3.63, 3.8) is 0 Å². The molecular formula is C35H42N2O4. The monoisotopic (exact) mass is 554 g/mol. The first-order valence-electron chi connectivity index (χ1n) is 14.6. The van der Waals surface area contributed by atoms with Crippen LogP contribution in [0.15, 0.2) is 72.8 Å². The standard InChI is InChI=1S/C35H42N2O4/c1-6-41-31(38)21-18-25-16-19-26(20-17-25)32-30(33(39)36-28-13-9-12-27(23-28)35(3,4)5)15-10-22-37(32)34(40)29-14-8-7-11-24(29)2/h7-9,11-14,16-17,19-20,23,30,32H,6,10,15,18,21-22H2,1-5H3,(H,36,39)/t30-,32-/m0/s1. The molecule has 6 nitrogen and oxygen atoms in total. The Hall–Kier alpha value is -3.93. The van der Waals surface area contributed by atoms with Gasteiger partial charge in [-0.1, -0.05) is 75.4 Å². The predicted octanol–water partition coefficient (Wildman–Crippen LogP) is 7.02. The average Bonchev–Trinajstić information content (AvgIpc) is 2.96. The van der Waals surface area contributed by atoms with Crippen molar-refractivity contribution in [3.8, 4) is 0 Å². The maximum atomic E-state index is 13.9. The Morgan fingerprint density at radius 1 is 0.976 bits per heavy atom. The third kappa shape index (κ3) is 7.43. The van der Waals surface area contributed by atoms with Gasteiger partial charge >= 0.3 is 5.97 Å². The summed E-state index contributed by atoms with van der Waals surface area (Å²) in [5.74, 6) is -0.784. The molecule has 3 aromatic rings. The number of amides is 2. The number of hydrogen-bond donors (Lipinski definition) is 1. The van der Waals surface area contributed by atoms with E-state index in [2.05, 4.69) is 32.2 Å². The normalized spacial score (nSPS) is 17.1. The Bertz CT molecular complexity index is 1370. The highest BCUT2D eigenvalue weighted by Gasteiger charge is 2.40. The summed E-state index contributed by atoms with van der Waals surface area (Å²) in [6.45, 7) is 11.1. The van der Waals surface area contributed by atoms with Gasteiger partial charge < -0.3 is 15.0 Å². The first-order chi connectivity index (χ1) is 19.6. The summed E-state index contributed by atoms with van der Waals surface area (Å²) in [5, 5.41) is 3.16. The van der Waals surface area contributed by atoms with E-state index in [0.717, 1.165) is 34.4 Å². The molecule has 41 heavy (non-hydrogen) atoms. The molecular weight excluding hydrogens is 512 g/mol. The van der Waals surface area contributed by atoms with Crippen LogP contribution in [-0.4, -0.2) is 35.8 Å². The van der Waals surface area contributed by atoms with E-state index in [4.69, 9.17) is 4.74 Å². The molecule has 6 heteroatoms. The van der Waals surface area contributed by atoms with Gasteiger partial charge in [-0.2, -0.15) is 0 Å². The van der Waals surface area contributed by atoms with E-state index in [1.807, 2.05) is 78.6 Å². The quantitative estimate of drug-likeness (QED) is 0.304. The number of nitrogens with zero attached hydrogens (tertiary/aromatic N) is 1. The Balaban J connectivity index is 1.64. The number of rotatable bonds is 8. The molecule has 3 aromatic carbocycles. The number of ether oxygens (including phenoxy) is 1. The number of hydrogen-bond acceptors (Lipinski definition) is 4. The molecule has 216 valence electrons. The van der Waals surface area contributed by atoms with Crippen LogP contribution in [0.4, 0.5) is 5.69 Å². The van der Waals surface area contributed by atoms with Crippen molar-refractivity contribution in [2.75, 3.05) is 18.5 Å². The Labute approximate surface area is 244 Å². The minimum atomic E-state index is -0.416. The van der Waals surface area contributed by atoms with Crippen LogP contribution in [0.25, 0.3) is 0 Å². The second-order valence-corrected chi connectivity index (χ2v) is 11.9. The topological polar surface area (TPSA) is 75.7 Å². The lowest BCUT2D eigenvalue weighted by Crippen LogP contribution is -2.46. The third-order valence-corrected chi connectivity index (χ3v) is 7.84. The number of piperidine rings is 1. The van der Waals surface area contributed by atoms with Crippen molar-refractivity contribution in [2.45, 2.75) is 71.8 Å². The smallest absolute Gasteiger partial charge is 0.306 e. The SMILES string of the molecule is CCOC(=O)CCc1ccc([C@H]2[C@@H](C(=O)Nc3cccc(C(C)(C)C)c3)CCCN2C(=O)c2ccccc2C)cc1. The predicted molar refractivity (Wildman–Crippen MR) is 163 cm³/mol. The van der Waals surface area contributed by atoms with Gasteiger partial charge in [0.2, 0.25) is 5.91 Å². The average molecular weight is 555 g/mol. The molecule has 0 aliphatic carbocycles. The summed E-state index contributed by atoms with van der Waals surface area (Å²) >= 11 is 0. The van der Waals surface area contributed by atoms with Gasteiger partial charge in [-0.05, 0) is 79.0 Å². The number of anilines is 1. The first-order valence-corrected chi connectivity index (χ1v) is 14.6. The number of aryl methyl sites for hydroxylation is 2. The summed E-state index contributed by atoms with van der Waals surface area (Å²) in [6, 6.07) is 23.1. The third-order valence-electron chi connectivity index (χ3n) is 7.84. The van der Waals surface area contributed by atoms with E-state index in [0.29, 0.717) is 38.0 Å². The summed E-state index contributed by atoms with van der Waals surface area (Å²) < 4.78 is 5.06. The molecule has 0 bridgehead atoms. The van der Waals surface area contributed by atoms with Crippen molar-refractivity contribution in [2.24, 2.45) is 5.92 Å². The molecule has 1 heterocycles. The minimum Gasteiger partial charge on any atom is -0.466 e. The van der Waals surface area contributed by atoms with Crippen LogP contribution < -0.4 is 5.32 Å². The zero-order valence-corrected chi connectivity index (χ0v) is 24.9. The lowest BCUT2D eigenvalue weighted by Gasteiger charge is -2.41. The van der Waals surface area contributed by atoms with Crippen LogP contribution in [0.5, 0.6) is 0 Å². The van der Waals surface area contributed by atoms with Gasteiger partial charge in [0.15, 0.2) is 0 Å². The number of carbonyl (C=O) groups excluding carboxylic acids is 3. The van der Waals surface area contributed by atoms with Gasteiger partial charge in [0.25, 0.3) is 5.91 Å². The Morgan fingerprint density at radius 2 is 1.71 bits per heavy atom. The maximum absolute atomic E-state index is 13.9. The number of carbonyl (C=O) groups is 3. The summed E-state index contributed by atoms with van der Waals surface area (Å²) in [5.41, 5.74) is 5.35. The first kappa shape index (κ1) is 30.0. The Kier molecular flexibility index (Phi) is 9.64. The fourth-order valence-corrected chi connectivity index (χ4v) is 5.54. The van der Waals surface area contributed by atoms with Crippen LogP contribution in [-0.2, 0) is 26.2 Å². The molecule has 1 aliphatic heterocycles. The molecule has 1 fully saturated rings. The largest absolute Gasteiger partial charge is 0.466 e. The number of esters is 1. The summed E-state index contributed by atoms with van der Waals surface area (Å²) in [4.78, 5) is 41.5. The molecule has 0 unspecified atom stereocenters. The highest BCUT2D eigenvalue weighted by atomic mass is 16.5. The molecule has 1 saturated heterocycles. The molecule has 1 N–H and O–H groups in total. The zero-order valence-electron chi connectivity index (χ0n) is 24.9. The van der Waals surface area contributed by atoms with Crippen LogP contribution in [0, 0.1) is 12.8 Å². The second kappa shape index (κ2) is 13.2. The molecule has 4 rings (SSSR count). The van der Waals surface area contributed by atoms with Crippen molar-refractivity contribution < 1.29 is 19.1 Å². The van der Waals surface area contributed by atoms with Crippen molar-refractivity contribution in [3.05, 3.63) is 101 Å². The van der Waals surface area contributed by atoms with Crippen LogP contribution >= 0.6 is 0 Å². The zero-order chi connectivity index (χ0) is 29.6. The molecule has 2 amide bonds. The number of benzene rings is 3. The van der Waals surface area contributed by atoms with E-state index in [1.54, 1.807) is 6.92 Å². The van der Waals surface area contributed by atoms with Crippen molar-refractivity contribution in [1.82, 2.24) is 4.90 Å². The van der Waals surface area contributed by atoms with Crippen LogP contribution in [0.1, 0.15) is 85.6 Å². The Morgan fingerprint density at radius 3 is 2.39 bits per heavy atom. The van der Waals surface area contributed by atoms with Crippen molar-refractivity contribution in [1.29, 1.82) is 0 Å². The van der Waals surface area contributed by atoms with E-state index in [9.17, 15) is 14.4 Å². The maximum Gasteiger partial charge on any atom is 0.306 e. The van der Waals surface area contributed by atoms with Gasteiger partial charge in [-0.25, -0.2) is 0 Å². The molecule has 0 saturated carbocycles. The lowest BCUT2D eigenvalue weighted by atomic mass is 9.82. The van der Waals surface area contributed by atoms with E-state index in [-0.39, 0.29) is 23.2 Å². The molecule has 0 spiro atoms. The molecule has 0 radical (unpaired) electrons. The van der Waals surface area contributed by atoms with Crippen LogP contribution in [0.3, 0.4) is 0 Å². The fourth-order valence-electron chi connectivity index (χ4n) is 5.54. The van der Waals surface area contributed by atoms with Gasteiger partial charge in [0.05, 0.1) is 18.6 Å². The fraction of sp³-hybridized carbons (Fsp3) is 0.400. The summed E-state index contributed by atoms with van der Waals surface area (Å²) in [6.07, 6.45) is 2.31. The second-order valence-electron chi connectivity index (χ2n) is 11.9. The number of nitrogens with one attached hydrogen (secondary N) is 1. The van der Waals surface area contributed by atoms with Gasteiger partial charge in [0, 0.05) is 24.2 Å². The van der Waals surface area contributed by atoms with Gasteiger partial charge in [0.1, 0.15) is 0 Å².